The van der Waals surface area contributed by atoms with Crippen LogP contribution in [0.25, 0.3) is 0 Å². The summed E-state index contributed by atoms with van der Waals surface area (Å²) in [5.74, 6) is 1.04. The van der Waals surface area contributed by atoms with Crippen molar-refractivity contribution in [3.05, 3.63) is 29.8 Å². The predicted molar refractivity (Wildman–Crippen MR) is 76.6 cm³/mol. The summed E-state index contributed by atoms with van der Waals surface area (Å²) in [5.41, 5.74) is 1.34. The van der Waals surface area contributed by atoms with Crippen LogP contribution in [-0.2, 0) is 4.79 Å². The summed E-state index contributed by atoms with van der Waals surface area (Å²) in [6.45, 7) is 4.31. The molecule has 3 nitrogen and oxygen atoms in total. The van der Waals surface area contributed by atoms with Crippen LogP contribution >= 0.6 is 11.8 Å². The van der Waals surface area contributed by atoms with Crippen LogP contribution in [0.3, 0.4) is 0 Å². The zero-order chi connectivity index (χ0) is 13.4. The second kappa shape index (κ2) is 7.78. The first-order valence-corrected chi connectivity index (χ1v) is 7.08. The van der Waals surface area contributed by atoms with E-state index in [0.717, 1.165) is 17.9 Å². The number of nitriles is 1. The van der Waals surface area contributed by atoms with Crippen LogP contribution in [0.4, 0.5) is 5.69 Å². The van der Waals surface area contributed by atoms with Crippen molar-refractivity contribution in [3.63, 3.8) is 0 Å². The minimum Gasteiger partial charge on any atom is -0.326 e. The molecule has 0 atom stereocenters. The van der Waals surface area contributed by atoms with Gasteiger partial charge < -0.3 is 5.32 Å². The summed E-state index contributed by atoms with van der Waals surface area (Å²) in [5, 5.41) is 12.1. The molecule has 1 aromatic carbocycles. The fourth-order valence-corrected chi connectivity index (χ4v) is 2.19. The lowest BCUT2D eigenvalue weighted by Gasteiger charge is -2.06. The van der Waals surface area contributed by atoms with Gasteiger partial charge in [0, 0.05) is 12.1 Å². The van der Waals surface area contributed by atoms with E-state index in [1.54, 1.807) is 24.3 Å². The number of carbonyl (C=O) groups is 1. The molecule has 0 spiro atoms. The number of carbonyl (C=O) groups excluding carboxylic acids is 1. The van der Waals surface area contributed by atoms with Crippen LogP contribution < -0.4 is 5.32 Å². The summed E-state index contributed by atoms with van der Waals surface area (Å²) in [7, 11) is 0. The van der Waals surface area contributed by atoms with Crippen molar-refractivity contribution in [2.75, 3.05) is 11.1 Å². The maximum atomic E-state index is 11.6. The van der Waals surface area contributed by atoms with Crippen molar-refractivity contribution in [3.8, 4) is 6.07 Å². The molecule has 1 N–H and O–H groups in total. The fourth-order valence-electron chi connectivity index (χ4n) is 1.40. The summed E-state index contributed by atoms with van der Waals surface area (Å²) < 4.78 is 0. The number of hydrogen-bond acceptors (Lipinski definition) is 3. The number of amides is 1. The van der Waals surface area contributed by atoms with Gasteiger partial charge in [-0.25, -0.2) is 0 Å². The zero-order valence-corrected chi connectivity index (χ0v) is 11.6. The summed E-state index contributed by atoms with van der Waals surface area (Å²) in [6.07, 6.45) is 1.44. The van der Waals surface area contributed by atoms with E-state index in [-0.39, 0.29) is 5.91 Å². The number of nitrogens with zero attached hydrogens (tertiary/aromatic N) is 1. The molecule has 0 fully saturated rings. The predicted octanol–water partition coefficient (Wildman–Crippen LogP) is 3.42. The quantitative estimate of drug-likeness (QED) is 0.799. The molecule has 0 radical (unpaired) electrons. The van der Waals surface area contributed by atoms with Gasteiger partial charge in [-0.15, -0.1) is 0 Å². The van der Waals surface area contributed by atoms with Gasteiger partial charge in [0.1, 0.15) is 0 Å². The molecule has 0 heterocycles. The van der Waals surface area contributed by atoms with Gasteiger partial charge in [0.15, 0.2) is 0 Å². The standard InChI is InChI=1S/C14H18N2OS/c1-11(2)18-9-3-4-14(17)16-13-7-5-12(10-15)6-8-13/h5-8,11H,3-4,9H2,1-2H3,(H,16,17). The molecule has 18 heavy (non-hydrogen) atoms. The van der Waals surface area contributed by atoms with E-state index in [1.165, 1.54) is 0 Å². The number of hydrogen-bond donors (Lipinski definition) is 1. The zero-order valence-electron chi connectivity index (χ0n) is 10.8. The highest BCUT2D eigenvalue weighted by Crippen LogP contribution is 2.13. The van der Waals surface area contributed by atoms with Crippen LogP contribution in [0, 0.1) is 11.3 Å². The number of rotatable bonds is 6. The Hall–Kier alpha value is -1.47. The van der Waals surface area contributed by atoms with Gasteiger partial charge in [-0.2, -0.15) is 17.0 Å². The highest BCUT2D eigenvalue weighted by atomic mass is 32.2. The van der Waals surface area contributed by atoms with Gasteiger partial charge in [-0.3, -0.25) is 4.79 Å². The number of anilines is 1. The number of benzene rings is 1. The topological polar surface area (TPSA) is 52.9 Å². The highest BCUT2D eigenvalue weighted by molar-refractivity contribution is 7.99. The van der Waals surface area contributed by atoms with Crippen LogP contribution in [-0.4, -0.2) is 16.9 Å². The van der Waals surface area contributed by atoms with Crippen LogP contribution in [0.1, 0.15) is 32.3 Å². The van der Waals surface area contributed by atoms with Gasteiger partial charge in [0.2, 0.25) is 5.91 Å². The molecule has 4 heteroatoms. The normalized spacial score (nSPS) is 10.1. The Morgan fingerprint density at radius 2 is 2.06 bits per heavy atom. The second-order valence-electron chi connectivity index (χ2n) is 4.26. The highest BCUT2D eigenvalue weighted by Gasteiger charge is 2.03. The average Bonchev–Trinajstić information content (AvgIpc) is 2.35. The lowest BCUT2D eigenvalue weighted by Crippen LogP contribution is -2.11. The molecule has 0 saturated heterocycles. The number of nitrogens with one attached hydrogen (secondary N) is 1. The van der Waals surface area contributed by atoms with Crippen molar-refractivity contribution >= 4 is 23.4 Å². The molecular weight excluding hydrogens is 244 g/mol. The Labute approximate surface area is 113 Å². The van der Waals surface area contributed by atoms with Gasteiger partial charge >= 0.3 is 0 Å². The lowest BCUT2D eigenvalue weighted by atomic mass is 10.2. The van der Waals surface area contributed by atoms with Crippen molar-refractivity contribution in [1.29, 1.82) is 5.26 Å². The monoisotopic (exact) mass is 262 g/mol. The fraction of sp³-hybridized carbons (Fsp3) is 0.429. The maximum absolute atomic E-state index is 11.6. The average molecular weight is 262 g/mol. The Morgan fingerprint density at radius 3 is 2.61 bits per heavy atom. The molecule has 0 aliphatic carbocycles. The molecular formula is C14H18N2OS. The first-order chi connectivity index (χ1) is 8.61. The summed E-state index contributed by atoms with van der Waals surface area (Å²) in [6, 6.07) is 8.94. The molecule has 0 aliphatic heterocycles. The second-order valence-corrected chi connectivity index (χ2v) is 5.94. The first-order valence-electron chi connectivity index (χ1n) is 6.03. The van der Waals surface area contributed by atoms with E-state index in [9.17, 15) is 4.79 Å². The molecule has 0 aliphatic rings. The molecule has 0 saturated carbocycles. The van der Waals surface area contributed by atoms with Gasteiger partial charge in [-0.1, -0.05) is 13.8 Å². The molecule has 96 valence electrons. The number of thioether (sulfide) groups is 1. The van der Waals surface area contributed by atoms with E-state index in [0.29, 0.717) is 17.2 Å². The molecule has 0 bridgehead atoms. The van der Waals surface area contributed by atoms with E-state index >= 15 is 0 Å². The van der Waals surface area contributed by atoms with E-state index in [4.69, 9.17) is 5.26 Å². The third-order valence-corrected chi connectivity index (χ3v) is 3.49. The molecule has 1 rings (SSSR count). The Balaban J connectivity index is 2.29. The van der Waals surface area contributed by atoms with E-state index < -0.39 is 0 Å². The van der Waals surface area contributed by atoms with Crippen LogP contribution in [0.15, 0.2) is 24.3 Å². The van der Waals surface area contributed by atoms with Crippen molar-refractivity contribution < 1.29 is 4.79 Å². The first kappa shape index (κ1) is 14.6. The maximum Gasteiger partial charge on any atom is 0.224 e. The Bertz CT molecular complexity index is 420. The van der Waals surface area contributed by atoms with E-state index in [2.05, 4.69) is 19.2 Å². The molecule has 0 unspecified atom stereocenters. The SMILES string of the molecule is CC(C)SCCCC(=O)Nc1ccc(C#N)cc1. The van der Waals surface area contributed by atoms with Crippen molar-refractivity contribution in [2.24, 2.45) is 0 Å². The van der Waals surface area contributed by atoms with Crippen molar-refractivity contribution in [1.82, 2.24) is 0 Å². The minimum atomic E-state index is 0.0315. The van der Waals surface area contributed by atoms with Gasteiger partial charge in [-0.05, 0) is 41.7 Å². The lowest BCUT2D eigenvalue weighted by molar-refractivity contribution is -0.116. The summed E-state index contributed by atoms with van der Waals surface area (Å²) >= 11 is 1.87. The third-order valence-electron chi connectivity index (χ3n) is 2.30. The van der Waals surface area contributed by atoms with Crippen LogP contribution in [0.5, 0.6) is 0 Å². The molecule has 0 aromatic heterocycles. The molecule has 1 amide bonds. The molecule has 1 aromatic rings. The third kappa shape index (κ3) is 5.74. The smallest absolute Gasteiger partial charge is 0.224 e. The minimum absolute atomic E-state index is 0.0315. The Morgan fingerprint density at radius 1 is 1.39 bits per heavy atom. The van der Waals surface area contributed by atoms with E-state index in [1.807, 2.05) is 17.8 Å². The van der Waals surface area contributed by atoms with Crippen molar-refractivity contribution in [2.45, 2.75) is 31.9 Å². The van der Waals surface area contributed by atoms with Crippen LogP contribution in [0.2, 0.25) is 0 Å². The summed E-state index contributed by atoms with van der Waals surface area (Å²) in [4.78, 5) is 11.6. The Kier molecular flexibility index (Phi) is 6.31. The van der Waals surface area contributed by atoms with Gasteiger partial charge in [0.25, 0.3) is 0 Å². The van der Waals surface area contributed by atoms with Gasteiger partial charge in [0.05, 0.1) is 11.6 Å². The largest absolute Gasteiger partial charge is 0.326 e.